The first-order valence-corrected chi connectivity index (χ1v) is 9.16. The molecular formula is C17H17N3O2S2. The first-order chi connectivity index (χ1) is 11.5. The number of carbonyl (C=O) groups is 2. The highest BCUT2D eigenvalue weighted by molar-refractivity contribution is 7.15. The lowest BCUT2D eigenvalue weighted by Crippen LogP contribution is -2.13. The van der Waals surface area contributed by atoms with Crippen LogP contribution < -0.4 is 5.32 Å². The molecule has 0 fully saturated rings. The molecule has 0 spiro atoms. The molecule has 1 amide bonds. The molecular weight excluding hydrogens is 342 g/mol. The van der Waals surface area contributed by atoms with Gasteiger partial charge in [-0.2, -0.15) is 5.10 Å². The number of hydrogen-bond acceptors (Lipinski definition) is 5. The van der Waals surface area contributed by atoms with Crippen LogP contribution in [0.1, 0.15) is 32.3 Å². The number of thiophene rings is 2. The van der Waals surface area contributed by atoms with Gasteiger partial charge in [-0.05, 0) is 38.1 Å². The van der Waals surface area contributed by atoms with Crippen molar-refractivity contribution in [2.75, 3.05) is 5.32 Å². The van der Waals surface area contributed by atoms with Crippen LogP contribution in [-0.2, 0) is 4.79 Å². The smallest absolute Gasteiger partial charge is 0.226 e. The molecule has 0 bridgehead atoms. The Morgan fingerprint density at radius 3 is 2.50 bits per heavy atom. The van der Waals surface area contributed by atoms with Crippen molar-refractivity contribution in [2.45, 2.75) is 26.7 Å². The number of carbonyl (C=O) groups excluding carboxylic acids is 2. The Kier molecular flexibility index (Phi) is 4.92. The zero-order chi connectivity index (χ0) is 17.1. The highest BCUT2D eigenvalue weighted by Gasteiger charge is 2.13. The number of aromatic amines is 1. The highest BCUT2D eigenvalue weighted by Crippen LogP contribution is 2.27. The van der Waals surface area contributed by atoms with Crippen molar-refractivity contribution in [3.05, 3.63) is 45.0 Å². The standard InChI is InChI=1S/C17H17N3O2S2/c1-10-3-6-14(23-10)12-9-16(20-19-12)18-17(22)8-5-13(21)15-7-4-11(2)24-15/h3-4,6-7,9H,5,8H2,1-2H3,(H2,18,19,20,22). The molecule has 0 saturated heterocycles. The summed E-state index contributed by atoms with van der Waals surface area (Å²) in [6.45, 7) is 4.00. The van der Waals surface area contributed by atoms with E-state index in [9.17, 15) is 9.59 Å². The van der Waals surface area contributed by atoms with Gasteiger partial charge in [0.05, 0.1) is 15.4 Å². The van der Waals surface area contributed by atoms with E-state index in [4.69, 9.17) is 0 Å². The maximum absolute atomic E-state index is 12.0. The van der Waals surface area contributed by atoms with Crippen LogP contribution in [0.15, 0.2) is 30.3 Å². The van der Waals surface area contributed by atoms with Crippen molar-refractivity contribution in [1.82, 2.24) is 10.2 Å². The Bertz CT molecular complexity index is 876. The lowest BCUT2D eigenvalue weighted by molar-refractivity contribution is -0.116. The summed E-state index contributed by atoms with van der Waals surface area (Å²) < 4.78 is 0. The molecule has 0 aliphatic heterocycles. The van der Waals surface area contributed by atoms with Crippen molar-refractivity contribution in [2.24, 2.45) is 0 Å². The molecule has 0 aromatic carbocycles. The Morgan fingerprint density at radius 2 is 1.83 bits per heavy atom. The zero-order valence-electron chi connectivity index (χ0n) is 13.4. The van der Waals surface area contributed by atoms with Gasteiger partial charge in [-0.1, -0.05) is 0 Å². The third-order valence-electron chi connectivity index (χ3n) is 3.45. The number of ketones is 1. The van der Waals surface area contributed by atoms with Crippen molar-refractivity contribution in [1.29, 1.82) is 0 Å². The molecule has 0 aliphatic rings. The minimum absolute atomic E-state index is 0.0000256. The molecule has 3 aromatic heterocycles. The van der Waals surface area contributed by atoms with E-state index in [2.05, 4.69) is 15.5 Å². The Labute approximate surface area is 147 Å². The van der Waals surface area contributed by atoms with Crippen molar-refractivity contribution in [3.63, 3.8) is 0 Å². The quantitative estimate of drug-likeness (QED) is 0.640. The zero-order valence-corrected chi connectivity index (χ0v) is 15.0. The van der Waals surface area contributed by atoms with Gasteiger partial charge in [-0.3, -0.25) is 14.7 Å². The van der Waals surface area contributed by atoms with Gasteiger partial charge in [0.1, 0.15) is 0 Å². The molecule has 2 N–H and O–H groups in total. The largest absolute Gasteiger partial charge is 0.309 e. The van der Waals surface area contributed by atoms with Crippen LogP contribution in [0, 0.1) is 13.8 Å². The van der Waals surface area contributed by atoms with Crippen LogP contribution in [-0.4, -0.2) is 21.9 Å². The van der Waals surface area contributed by atoms with E-state index in [-0.39, 0.29) is 24.5 Å². The average Bonchev–Trinajstić information content (AvgIpc) is 3.26. The van der Waals surface area contributed by atoms with Gasteiger partial charge in [0.25, 0.3) is 0 Å². The maximum atomic E-state index is 12.0. The molecule has 3 aromatic rings. The van der Waals surface area contributed by atoms with E-state index in [1.54, 1.807) is 17.4 Å². The summed E-state index contributed by atoms with van der Waals surface area (Å²) in [5, 5.41) is 9.74. The molecule has 0 atom stereocenters. The number of Topliss-reactive ketones (excluding diaryl/α,β-unsaturated/α-hetero) is 1. The van der Waals surface area contributed by atoms with Crippen molar-refractivity contribution >= 4 is 40.2 Å². The fourth-order valence-electron chi connectivity index (χ4n) is 2.23. The monoisotopic (exact) mass is 359 g/mol. The third kappa shape index (κ3) is 3.98. The number of H-pyrrole nitrogens is 1. The number of rotatable bonds is 6. The van der Waals surface area contributed by atoms with Gasteiger partial charge < -0.3 is 5.32 Å². The van der Waals surface area contributed by atoms with Crippen LogP contribution in [0.4, 0.5) is 5.82 Å². The van der Waals surface area contributed by atoms with Crippen LogP contribution in [0.5, 0.6) is 0 Å². The summed E-state index contributed by atoms with van der Waals surface area (Å²) in [4.78, 5) is 28.1. The molecule has 24 heavy (non-hydrogen) atoms. The fraction of sp³-hybridized carbons (Fsp3) is 0.235. The molecule has 124 valence electrons. The second-order valence-corrected chi connectivity index (χ2v) is 8.03. The molecule has 3 rings (SSSR count). The average molecular weight is 359 g/mol. The number of aryl methyl sites for hydroxylation is 2. The van der Waals surface area contributed by atoms with Crippen LogP contribution in [0.2, 0.25) is 0 Å². The number of hydrogen-bond donors (Lipinski definition) is 2. The van der Waals surface area contributed by atoms with Gasteiger partial charge in [0, 0.05) is 28.7 Å². The molecule has 5 nitrogen and oxygen atoms in total. The Hall–Kier alpha value is -2.25. The predicted molar refractivity (Wildman–Crippen MR) is 97.9 cm³/mol. The predicted octanol–water partition coefficient (Wildman–Crippen LogP) is 4.42. The summed E-state index contributed by atoms with van der Waals surface area (Å²) in [6.07, 6.45) is 0.350. The van der Waals surface area contributed by atoms with E-state index < -0.39 is 0 Å². The number of nitrogens with zero attached hydrogens (tertiary/aromatic N) is 1. The fourth-order valence-corrected chi connectivity index (χ4v) is 3.90. The van der Waals surface area contributed by atoms with E-state index in [0.717, 1.165) is 15.4 Å². The lowest BCUT2D eigenvalue weighted by atomic mass is 10.2. The first kappa shape index (κ1) is 16.6. The molecule has 7 heteroatoms. The van der Waals surface area contributed by atoms with E-state index in [1.807, 2.05) is 38.1 Å². The van der Waals surface area contributed by atoms with Crippen LogP contribution >= 0.6 is 22.7 Å². The van der Waals surface area contributed by atoms with Gasteiger partial charge in [-0.25, -0.2) is 0 Å². The van der Waals surface area contributed by atoms with E-state index >= 15 is 0 Å². The number of anilines is 1. The molecule has 0 unspecified atom stereocenters. The van der Waals surface area contributed by atoms with Gasteiger partial charge >= 0.3 is 0 Å². The normalized spacial score (nSPS) is 10.8. The van der Waals surface area contributed by atoms with Gasteiger partial charge in [0.15, 0.2) is 11.6 Å². The second-order valence-electron chi connectivity index (χ2n) is 5.46. The third-order valence-corrected chi connectivity index (χ3v) is 5.52. The van der Waals surface area contributed by atoms with Gasteiger partial charge in [0.2, 0.25) is 5.91 Å². The first-order valence-electron chi connectivity index (χ1n) is 7.53. The summed E-state index contributed by atoms with van der Waals surface area (Å²) in [6, 6.07) is 9.57. The number of amides is 1. The summed E-state index contributed by atoms with van der Waals surface area (Å²) in [5.74, 6) is 0.262. The highest BCUT2D eigenvalue weighted by atomic mass is 32.1. The number of nitrogens with one attached hydrogen (secondary N) is 2. The van der Waals surface area contributed by atoms with Crippen LogP contribution in [0.3, 0.4) is 0 Å². The topological polar surface area (TPSA) is 74.8 Å². The van der Waals surface area contributed by atoms with E-state index in [0.29, 0.717) is 10.7 Å². The molecule has 0 radical (unpaired) electrons. The van der Waals surface area contributed by atoms with Crippen LogP contribution in [0.25, 0.3) is 10.6 Å². The minimum atomic E-state index is -0.211. The molecule has 3 heterocycles. The summed E-state index contributed by atoms with van der Waals surface area (Å²) in [7, 11) is 0. The Morgan fingerprint density at radius 1 is 1.08 bits per heavy atom. The van der Waals surface area contributed by atoms with Gasteiger partial charge in [-0.15, -0.1) is 22.7 Å². The SMILES string of the molecule is Cc1ccc(C(=O)CCC(=O)Nc2cc(-c3ccc(C)s3)[nH]n2)s1. The summed E-state index contributed by atoms with van der Waals surface area (Å²) >= 11 is 3.12. The molecule has 0 saturated carbocycles. The summed E-state index contributed by atoms with van der Waals surface area (Å²) in [5.41, 5.74) is 0.869. The van der Waals surface area contributed by atoms with Crippen molar-refractivity contribution < 1.29 is 9.59 Å². The number of aromatic nitrogens is 2. The molecule has 0 aliphatic carbocycles. The minimum Gasteiger partial charge on any atom is -0.309 e. The lowest BCUT2D eigenvalue weighted by Gasteiger charge is -2.00. The van der Waals surface area contributed by atoms with Crippen molar-refractivity contribution in [3.8, 4) is 10.6 Å². The van der Waals surface area contributed by atoms with E-state index in [1.165, 1.54) is 16.2 Å². The maximum Gasteiger partial charge on any atom is 0.226 e. The second kappa shape index (κ2) is 7.11. The Balaban J connectivity index is 1.53.